The third kappa shape index (κ3) is 5.48. The molecule has 19 heavy (non-hydrogen) atoms. The lowest BCUT2D eigenvalue weighted by Crippen LogP contribution is -2.32. The summed E-state index contributed by atoms with van der Waals surface area (Å²) in [5.41, 5.74) is 0. The van der Waals surface area contributed by atoms with Crippen molar-refractivity contribution in [3.05, 3.63) is 0 Å². The monoisotopic (exact) mass is 266 g/mol. The van der Waals surface area contributed by atoms with Crippen molar-refractivity contribution in [1.29, 1.82) is 0 Å². The predicted molar refractivity (Wildman–Crippen MR) is 87.4 cm³/mol. The highest BCUT2D eigenvalue weighted by molar-refractivity contribution is 4.84. The molecule has 0 bridgehead atoms. The quantitative estimate of drug-likeness (QED) is 0.429. The summed E-state index contributed by atoms with van der Waals surface area (Å²) in [6.45, 7) is 12.2. The minimum atomic E-state index is 0.953. The molecule has 0 N–H and O–H groups in total. The average Bonchev–Trinajstić information content (AvgIpc) is 2.38. The third-order valence-electron chi connectivity index (χ3n) is 5.80. The molecular weight excluding hydrogens is 228 g/mol. The topological polar surface area (TPSA) is 0 Å². The number of rotatable bonds is 8. The Morgan fingerprint density at radius 2 is 1.32 bits per heavy atom. The van der Waals surface area contributed by atoms with Gasteiger partial charge in [0, 0.05) is 0 Å². The Bertz CT molecular complexity index is 220. The van der Waals surface area contributed by atoms with E-state index in [1.807, 2.05) is 0 Å². The molecule has 1 fully saturated rings. The van der Waals surface area contributed by atoms with Crippen LogP contribution in [0.25, 0.3) is 0 Å². The third-order valence-corrected chi connectivity index (χ3v) is 5.80. The van der Waals surface area contributed by atoms with Gasteiger partial charge in [-0.15, -0.1) is 0 Å². The van der Waals surface area contributed by atoms with Crippen molar-refractivity contribution in [3.8, 4) is 0 Å². The smallest absolute Gasteiger partial charge is 0.0357 e. The highest BCUT2D eigenvalue weighted by Gasteiger charge is 2.34. The average molecular weight is 267 g/mol. The van der Waals surface area contributed by atoms with Gasteiger partial charge in [0.25, 0.3) is 0 Å². The molecule has 0 nitrogen and oxygen atoms in total. The minimum Gasteiger partial charge on any atom is -0.0654 e. The summed E-state index contributed by atoms with van der Waals surface area (Å²) >= 11 is 0. The second-order valence-electron chi connectivity index (χ2n) is 7.47. The molecule has 0 amide bonds. The second kappa shape index (κ2) is 9.03. The maximum atomic E-state index is 2.53. The van der Waals surface area contributed by atoms with Crippen molar-refractivity contribution < 1.29 is 0 Å². The molecule has 1 rings (SSSR count). The van der Waals surface area contributed by atoms with Crippen LogP contribution in [0.4, 0.5) is 0 Å². The van der Waals surface area contributed by atoms with Crippen molar-refractivity contribution in [2.75, 3.05) is 0 Å². The molecule has 1 aliphatic rings. The molecule has 0 aliphatic heterocycles. The molecule has 5 unspecified atom stereocenters. The largest absolute Gasteiger partial charge is 0.0654 e. The van der Waals surface area contributed by atoms with Crippen LogP contribution in [0.5, 0.6) is 0 Å². The highest BCUT2D eigenvalue weighted by Crippen LogP contribution is 2.43. The second-order valence-corrected chi connectivity index (χ2v) is 7.47. The van der Waals surface area contributed by atoms with E-state index in [9.17, 15) is 0 Å². The fourth-order valence-corrected chi connectivity index (χ4v) is 4.24. The van der Waals surface area contributed by atoms with E-state index in [-0.39, 0.29) is 0 Å². The van der Waals surface area contributed by atoms with Gasteiger partial charge in [0.05, 0.1) is 0 Å². The van der Waals surface area contributed by atoms with Crippen LogP contribution in [-0.2, 0) is 0 Å². The Kier molecular flexibility index (Phi) is 8.11. The summed E-state index contributed by atoms with van der Waals surface area (Å²) < 4.78 is 0. The Balaban J connectivity index is 2.55. The number of unbranched alkanes of at least 4 members (excludes halogenated alkanes) is 3. The molecule has 0 heterocycles. The van der Waals surface area contributed by atoms with E-state index in [2.05, 4.69) is 34.6 Å². The van der Waals surface area contributed by atoms with Gasteiger partial charge in [-0.25, -0.2) is 0 Å². The van der Waals surface area contributed by atoms with Crippen LogP contribution in [0.2, 0.25) is 0 Å². The van der Waals surface area contributed by atoms with Crippen LogP contribution in [0, 0.1) is 29.6 Å². The standard InChI is InChI=1S/C19H38/c1-6-8-10-12-18(11-9-7-2)19-14-16(4)15(3)13-17(19)5/h15-19H,6-14H2,1-5H3. The summed E-state index contributed by atoms with van der Waals surface area (Å²) in [5, 5.41) is 0. The lowest BCUT2D eigenvalue weighted by atomic mass is 9.64. The Hall–Kier alpha value is 0. The molecule has 1 saturated carbocycles. The number of hydrogen-bond donors (Lipinski definition) is 0. The molecule has 0 aromatic rings. The van der Waals surface area contributed by atoms with Crippen molar-refractivity contribution >= 4 is 0 Å². The molecule has 0 aromatic heterocycles. The first kappa shape index (κ1) is 17.1. The fourth-order valence-electron chi connectivity index (χ4n) is 4.24. The van der Waals surface area contributed by atoms with E-state index in [1.54, 1.807) is 0 Å². The first-order chi connectivity index (χ1) is 9.10. The minimum absolute atomic E-state index is 0.953. The summed E-state index contributed by atoms with van der Waals surface area (Å²) in [6.07, 6.45) is 13.1. The first-order valence-electron chi connectivity index (χ1n) is 9.10. The summed E-state index contributed by atoms with van der Waals surface area (Å²) in [6, 6.07) is 0. The molecule has 0 radical (unpaired) electrons. The van der Waals surface area contributed by atoms with Crippen LogP contribution in [-0.4, -0.2) is 0 Å². The lowest BCUT2D eigenvalue weighted by Gasteiger charge is -2.41. The molecular formula is C19H38. The Morgan fingerprint density at radius 3 is 1.95 bits per heavy atom. The Labute approximate surface area is 122 Å². The molecule has 0 saturated heterocycles. The van der Waals surface area contributed by atoms with E-state index in [0.717, 1.165) is 29.6 Å². The van der Waals surface area contributed by atoms with E-state index >= 15 is 0 Å². The predicted octanol–water partition coefficient (Wildman–Crippen LogP) is 6.69. The van der Waals surface area contributed by atoms with Gasteiger partial charge in [-0.1, -0.05) is 79.6 Å². The maximum absolute atomic E-state index is 2.53. The van der Waals surface area contributed by atoms with Gasteiger partial charge in [0.1, 0.15) is 0 Å². The zero-order valence-corrected chi connectivity index (χ0v) is 14.3. The normalized spacial score (nSPS) is 33.3. The molecule has 114 valence electrons. The van der Waals surface area contributed by atoms with Gasteiger partial charge in [-0.2, -0.15) is 0 Å². The van der Waals surface area contributed by atoms with E-state index in [1.165, 1.54) is 57.8 Å². The molecule has 0 heteroatoms. The van der Waals surface area contributed by atoms with Crippen LogP contribution in [0.3, 0.4) is 0 Å². The van der Waals surface area contributed by atoms with Gasteiger partial charge in [-0.3, -0.25) is 0 Å². The molecule has 1 aliphatic carbocycles. The maximum Gasteiger partial charge on any atom is -0.0357 e. The van der Waals surface area contributed by atoms with Crippen molar-refractivity contribution in [1.82, 2.24) is 0 Å². The van der Waals surface area contributed by atoms with Crippen LogP contribution in [0.15, 0.2) is 0 Å². The van der Waals surface area contributed by atoms with Crippen molar-refractivity contribution in [3.63, 3.8) is 0 Å². The van der Waals surface area contributed by atoms with Crippen LogP contribution >= 0.6 is 0 Å². The molecule has 0 spiro atoms. The van der Waals surface area contributed by atoms with E-state index in [4.69, 9.17) is 0 Å². The van der Waals surface area contributed by atoms with Gasteiger partial charge in [0.2, 0.25) is 0 Å². The van der Waals surface area contributed by atoms with E-state index in [0.29, 0.717) is 0 Å². The fraction of sp³-hybridized carbons (Fsp3) is 1.00. The van der Waals surface area contributed by atoms with Gasteiger partial charge in [0.15, 0.2) is 0 Å². The first-order valence-corrected chi connectivity index (χ1v) is 9.10. The van der Waals surface area contributed by atoms with E-state index < -0.39 is 0 Å². The zero-order valence-electron chi connectivity index (χ0n) is 14.3. The number of hydrogen-bond acceptors (Lipinski definition) is 0. The zero-order chi connectivity index (χ0) is 14.3. The SMILES string of the molecule is CCCCCC(CCCC)C1CC(C)C(C)CC1C. The van der Waals surface area contributed by atoms with Crippen molar-refractivity contribution in [2.24, 2.45) is 29.6 Å². The Morgan fingerprint density at radius 1 is 0.737 bits per heavy atom. The molecule has 0 aromatic carbocycles. The van der Waals surface area contributed by atoms with Gasteiger partial charge < -0.3 is 0 Å². The summed E-state index contributed by atoms with van der Waals surface area (Å²) in [5.74, 6) is 4.92. The van der Waals surface area contributed by atoms with Gasteiger partial charge in [-0.05, 0) is 42.4 Å². The van der Waals surface area contributed by atoms with Crippen LogP contribution < -0.4 is 0 Å². The van der Waals surface area contributed by atoms with Gasteiger partial charge >= 0.3 is 0 Å². The molecule has 5 atom stereocenters. The summed E-state index contributed by atoms with van der Waals surface area (Å²) in [7, 11) is 0. The van der Waals surface area contributed by atoms with Crippen molar-refractivity contribution in [2.45, 2.75) is 92.4 Å². The highest BCUT2D eigenvalue weighted by atomic mass is 14.4. The lowest BCUT2D eigenvalue weighted by molar-refractivity contribution is 0.0857. The van der Waals surface area contributed by atoms with Crippen LogP contribution in [0.1, 0.15) is 92.4 Å². The summed E-state index contributed by atoms with van der Waals surface area (Å²) in [4.78, 5) is 0.